The third kappa shape index (κ3) is 6.74. The molecule has 0 atom stereocenters. The van der Waals surface area contributed by atoms with Gasteiger partial charge in [-0.25, -0.2) is 4.79 Å². The minimum absolute atomic E-state index is 0.00363. The van der Waals surface area contributed by atoms with Crippen LogP contribution in [0.4, 0.5) is 18.9 Å². The highest BCUT2D eigenvalue weighted by Crippen LogP contribution is 2.25. The molecule has 0 saturated carbocycles. The van der Waals surface area contributed by atoms with Crippen molar-refractivity contribution >= 4 is 29.7 Å². The summed E-state index contributed by atoms with van der Waals surface area (Å²) in [7, 11) is 0. The molecule has 0 unspecified atom stereocenters. The number of anilines is 1. The third-order valence-electron chi connectivity index (χ3n) is 5.61. The quantitative estimate of drug-likeness (QED) is 0.442. The van der Waals surface area contributed by atoms with Crippen LogP contribution in [-0.2, 0) is 11.2 Å². The molecule has 3 aromatic rings. The fraction of sp³-hybridized carbons (Fsp3) is 0.269. The van der Waals surface area contributed by atoms with Gasteiger partial charge >= 0.3 is 12.1 Å². The molecular weight excluding hydrogens is 473 g/mol. The van der Waals surface area contributed by atoms with Gasteiger partial charge in [0.1, 0.15) is 0 Å². The molecule has 1 aliphatic heterocycles. The number of carboxylic acids is 1. The van der Waals surface area contributed by atoms with Crippen LogP contribution in [0.1, 0.15) is 41.2 Å². The molecule has 36 heavy (non-hydrogen) atoms. The second-order valence-corrected chi connectivity index (χ2v) is 7.95. The Kier molecular flexibility index (Phi) is 8.52. The van der Waals surface area contributed by atoms with Crippen LogP contribution in [0, 0.1) is 0 Å². The molecule has 2 aromatic heterocycles. The van der Waals surface area contributed by atoms with E-state index in [4.69, 9.17) is 9.90 Å². The average Bonchev–Trinajstić information content (AvgIpc) is 3.30. The Labute approximate surface area is 206 Å². The topological polar surface area (TPSA) is 98.3 Å². The van der Waals surface area contributed by atoms with Gasteiger partial charge in [0, 0.05) is 54.9 Å². The number of aromatic amines is 1. The number of nitrogens with one attached hydrogen (secondary N) is 2. The SMILES string of the molecule is CCN(CC)c1ccc(/C=C/c2cc(-c3cc4c([nH]3)CCNC4=O)ccn2)cc1.O=C(O)C(F)(F)F. The van der Waals surface area contributed by atoms with Gasteiger partial charge < -0.3 is 20.3 Å². The minimum Gasteiger partial charge on any atom is -0.475 e. The van der Waals surface area contributed by atoms with Crippen LogP contribution in [0.5, 0.6) is 0 Å². The lowest BCUT2D eigenvalue weighted by Crippen LogP contribution is -2.31. The zero-order chi connectivity index (χ0) is 26.3. The van der Waals surface area contributed by atoms with Crippen molar-refractivity contribution < 1.29 is 27.9 Å². The van der Waals surface area contributed by atoms with Crippen LogP contribution in [0.3, 0.4) is 0 Å². The highest BCUT2D eigenvalue weighted by atomic mass is 19.4. The molecule has 1 amide bonds. The van der Waals surface area contributed by atoms with Crippen molar-refractivity contribution in [2.45, 2.75) is 26.4 Å². The van der Waals surface area contributed by atoms with E-state index in [1.54, 1.807) is 6.20 Å². The average molecular weight is 501 g/mol. The molecule has 0 saturated heterocycles. The monoisotopic (exact) mass is 500 g/mol. The number of halogens is 3. The summed E-state index contributed by atoms with van der Waals surface area (Å²) < 4.78 is 31.7. The van der Waals surface area contributed by atoms with Crippen molar-refractivity contribution in [1.29, 1.82) is 0 Å². The van der Waals surface area contributed by atoms with Crippen molar-refractivity contribution in [3.8, 4) is 11.3 Å². The Hall–Kier alpha value is -4.08. The molecule has 190 valence electrons. The largest absolute Gasteiger partial charge is 0.490 e. The standard InChI is InChI=1S/C24H26N4O.C2HF3O2/c1-3-28(4-2)20-9-6-17(7-10-20)5-8-19-15-18(11-13-25-19)23-16-21-22(27-23)12-14-26-24(21)29;3-2(4,5)1(6)7/h5-11,13,15-16,27H,3-4,12,14H2,1-2H3,(H,26,29);(H,6,7)/b8-5+;. The summed E-state index contributed by atoms with van der Waals surface area (Å²) >= 11 is 0. The van der Waals surface area contributed by atoms with Gasteiger partial charge in [0.25, 0.3) is 5.91 Å². The maximum Gasteiger partial charge on any atom is 0.490 e. The van der Waals surface area contributed by atoms with E-state index in [1.165, 1.54) is 5.69 Å². The van der Waals surface area contributed by atoms with E-state index in [2.05, 4.69) is 64.4 Å². The lowest BCUT2D eigenvalue weighted by Gasteiger charge is -2.20. The number of carboxylic acid groups (broad SMARTS) is 1. The number of carbonyl (C=O) groups excluding carboxylic acids is 1. The second kappa shape index (κ2) is 11.6. The number of rotatable bonds is 6. The molecular formula is C26H27F3N4O3. The van der Waals surface area contributed by atoms with Crippen molar-refractivity contribution in [2.75, 3.05) is 24.5 Å². The van der Waals surface area contributed by atoms with Gasteiger partial charge in [-0.05, 0) is 55.8 Å². The van der Waals surface area contributed by atoms with Crippen LogP contribution in [0.15, 0.2) is 48.7 Å². The number of benzene rings is 1. The molecule has 0 bridgehead atoms. The minimum atomic E-state index is -5.08. The maximum absolute atomic E-state index is 12.0. The van der Waals surface area contributed by atoms with E-state index < -0.39 is 12.1 Å². The number of aliphatic carboxylic acids is 1. The normalized spacial score (nSPS) is 13.0. The molecule has 0 spiro atoms. The zero-order valence-corrected chi connectivity index (χ0v) is 19.9. The number of hydrogen-bond donors (Lipinski definition) is 3. The molecule has 3 N–H and O–H groups in total. The van der Waals surface area contributed by atoms with Crippen molar-refractivity contribution in [3.63, 3.8) is 0 Å². The summed E-state index contributed by atoms with van der Waals surface area (Å²) in [6, 6.07) is 14.5. The molecule has 0 aliphatic carbocycles. The van der Waals surface area contributed by atoms with Crippen LogP contribution in [0.2, 0.25) is 0 Å². The van der Waals surface area contributed by atoms with Gasteiger partial charge in [-0.1, -0.05) is 18.2 Å². The molecule has 1 aromatic carbocycles. The van der Waals surface area contributed by atoms with Crippen molar-refractivity contribution in [1.82, 2.24) is 15.3 Å². The second-order valence-electron chi connectivity index (χ2n) is 7.95. The van der Waals surface area contributed by atoms with Gasteiger partial charge in [-0.2, -0.15) is 13.2 Å². The lowest BCUT2D eigenvalue weighted by atomic mass is 10.1. The first-order valence-electron chi connectivity index (χ1n) is 11.4. The number of hydrogen-bond acceptors (Lipinski definition) is 4. The van der Waals surface area contributed by atoms with E-state index in [-0.39, 0.29) is 5.91 Å². The fourth-order valence-electron chi connectivity index (χ4n) is 3.72. The predicted molar refractivity (Wildman–Crippen MR) is 133 cm³/mol. The summed E-state index contributed by atoms with van der Waals surface area (Å²) in [6.07, 6.45) is 1.65. The Morgan fingerprint density at radius 1 is 1.11 bits per heavy atom. The number of carbonyl (C=O) groups is 2. The number of nitrogens with zero attached hydrogens (tertiary/aromatic N) is 2. The third-order valence-corrected chi connectivity index (χ3v) is 5.61. The van der Waals surface area contributed by atoms with Crippen LogP contribution in [-0.4, -0.2) is 52.8 Å². The highest BCUT2D eigenvalue weighted by molar-refractivity contribution is 5.97. The zero-order valence-electron chi connectivity index (χ0n) is 19.9. The van der Waals surface area contributed by atoms with E-state index in [1.807, 2.05) is 24.3 Å². The fourth-order valence-corrected chi connectivity index (χ4v) is 3.72. The first kappa shape index (κ1) is 26.5. The molecule has 10 heteroatoms. The first-order valence-corrected chi connectivity index (χ1v) is 11.4. The molecule has 0 fully saturated rings. The number of alkyl halides is 3. The van der Waals surface area contributed by atoms with Crippen molar-refractivity contribution in [2.24, 2.45) is 0 Å². The maximum atomic E-state index is 12.0. The van der Waals surface area contributed by atoms with E-state index in [9.17, 15) is 18.0 Å². The number of pyridine rings is 1. The first-order chi connectivity index (χ1) is 17.1. The van der Waals surface area contributed by atoms with Gasteiger partial charge in [0.2, 0.25) is 0 Å². The molecule has 7 nitrogen and oxygen atoms in total. The smallest absolute Gasteiger partial charge is 0.475 e. The van der Waals surface area contributed by atoms with E-state index >= 15 is 0 Å². The summed E-state index contributed by atoms with van der Waals surface area (Å²) in [5.41, 5.74) is 6.99. The van der Waals surface area contributed by atoms with E-state index in [0.717, 1.165) is 53.3 Å². The summed E-state index contributed by atoms with van der Waals surface area (Å²) in [5.74, 6) is -2.76. The Morgan fingerprint density at radius 2 is 1.78 bits per heavy atom. The lowest BCUT2D eigenvalue weighted by molar-refractivity contribution is -0.192. The number of aromatic nitrogens is 2. The van der Waals surface area contributed by atoms with E-state index in [0.29, 0.717) is 6.54 Å². The van der Waals surface area contributed by atoms with Crippen LogP contribution in [0.25, 0.3) is 23.4 Å². The molecule has 4 rings (SSSR count). The number of amides is 1. The molecule has 1 aliphatic rings. The van der Waals surface area contributed by atoms with Crippen LogP contribution >= 0.6 is 0 Å². The van der Waals surface area contributed by atoms with Crippen LogP contribution < -0.4 is 10.2 Å². The van der Waals surface area contributed by atoms with Gasteiger partial charge in [-0.15, -0.1) is 0 Å². The van der Waals surface area contributed by atoms with Gasteiger partial charge in [-0.3, -0.25) is 9.78 Å². The Bertz CT molecular complexity index is 1230. The number of H-pyrrole nitrogens is 1. The Morgan fingerprint density at radius 3 is 2.36 bits per heavy atom. The number of fused-ring (bicyclic) bond motifs is 1. The Balaban J connectivity index is 0.000000454. The summed E-state index contributed by atoms with van der Waals surface area (Å²) in [6.45, 7) is 7.04. The van der Waals surface area contributed by atoms with Gasteiger partial charge in [0.15, 0.2) is 0 Å². The highest BCUT2D eigenvalue weighted by Gasteiger charge is 2.38. The summed E-state index contributed by atoms with van der Waals surface area (Å²) in [4.78, 5) is 31.1. The molecule has 0 radical (unpaired) electrons. The van der Waals surface area contributed by atoms with Gasteiger partial charge in [0.05, 0.1) is 11.3 Å². The van der Waals surface area contributed by atoms with Crippen molar-refractivity contribution in [3.05, 3.63) is 71.2 Å². The predicted octanol–water partition coefficient (Wildman–Crippen LogP) is 5.01. The molecule has 3 heterocycles. The summed E-state index contributed by atoms with van der Waals surface area (Å²) in [5, 5.41) is 10.0.